The number of aromatic carboxylic acids is 1. The van der Waals surface area contributed by atoms with Gasteiger partial charge in [-0.15, -0.1) is 12.4 Å². The molecule has 10 rings (SSSR count). The van der Waals surface area contributed by atoms with Crippen LogP contribution in [0, 0.1) is 22.7 Å². The molecule has 4 aromatic carbocycles. The molecule has 2 aliphatic carbocycles. The number of halogens is 1. The van der Waals surface area contributed by atoms with Crippen LogP contribution in [0.5, 0.6) is 0 Å². The summed E-state index contributed by atoms with van der Waals surface area (Å²) in [4.78, 5) is 36.5. The highest BCUT2D eigenvalue weighted by atomic mass is 35.5. The van der Waals surface area contributed by atoms with Crippen LogP contribution in [0.4, 0.5) is 0 Å². The van der Waals surface area contributed by atoms with Crippen LogP contribution in [0.1, 0.15) is 192 Å². The van der Waals surface area contributed by atoms with Gasteiger partial charge in [-0.2, -0.15) is 20.7 Å². The van der Waals surface area contributed by atoms with Gasteiger partial charge in [0, 0.05) is 42.6 Å². The van der Waals surface area contributed by atoms with Crippen LogP contribution in [-0.4, -0.2) is 78.4 Å². The summed E-state index contributed by atoms with van der Waals surface area (Å²) in [5, 5.41) is 45.3. The highest BCUT2D eigenvalue weighted by Gasteiger charge is 2.31. The third kappa shape index (κ3) is 12.3. The number of aromatic amines is 2. The van der Waals surface area contributed by atoms with Gasteiger partial charge in [0.1, 0.15) is 11.6 Å². The number of amides is 1. The number of hydrogen-bond acceptors (Lipinski definition) is 9. The summed E-state index contributed by atoms with van der Waals surface area (Å²) in [6.07, 6.45) is 14.6. The summed E-state index contributed by atoms with van der Waals surface area (Å²) in [6.45, 7) is 11.9. The molecule has 2 saturated heterocycles. The molecule has 0 spiro atoms. The Hall–Kier alpha value is -6.67. The van der Waals surface area contributed by atoms with E-state index >= 15 is 0 Å². The molecule has 14 heteroatoms. The van der Waals surface area contributed by atoms with Gasteiger partial charge < -0.3 is 15.3 Å². The molecule has 6 aromatic rings. The van der Waals surface area contributed by atoms with E-state index in [-0.39, 0.29) is 18.3 Å². The summed E-state index contributed by atoms with van der Waals surface area (Å²) >= 11 is 0. The standard InChI is InChI=1S/C29H33N5O.C17H21N3O2.C12H14N2.ClH/c1-3-20-16-24(23-6-5-7-23)26(28-31-27(4-2)32-33-28)17-25(20)29(35)34-14-12-22(13-15-34)21-10-8-19(18-30)9-11-21;1-3-10-8-12(11-6-5-7-11)14(9-13(10)17(21)22)16-18-15(4-2)19-20-16;13-9-10-1-3-11(4-2-10)12-5-7-14-8-6-12;/h8-11,16-17,22-23H,3-7,12-15H2,1-2H3,(H,31,32,33);8-9,11H,3-7H2,1-2H3,(H,21,22)(H,18,19,20);1-4,12,14H,5-8H2;1H. The Bertz CT molecular complexity index is 2850. The lowest BCUT2D eigenvalue weighted by atomic mass is 9.76. The number of piperidine rings is 2. The van der Waals surface area contributed by atoms with E-state index < -0.39 is 5.97 Å². The third-order valence-corrected chi connectivity index (χ3v) is 15.2. The van der Waals surface area contributed by atoms with Crippen LogP contribution in [0.2, 0.25) is 0 Å². The Labute approximate surface area is 430 Å². The van der Waals surface area contributed by atoms with Crippen molar-refractivity contribution in [2.75, 3.05) is 26.2 Å². The number of H-pyrrole nitrogens is 2. The molecule has 4 aliphatic rings. The van der Waals surface area contributed by atoms with Crippen LogP contribution in [0.25, 0.3) is 22.8 Å². The molecule has 4 heterocycles. The number of carboxylic acid groups (broad SMARTS) is 1. The van der Waals surface area contributed by atoms with Crippen molar-refractivity contribution >= 4 is 24.3 Å². The largest absolute Gasteiger partial charge is 0.478 e. The molecule has 13 nitrogen and oxygen atoms in total. The molecule has 4 fully saturated rings. The number of nitriles is 2. The van der Waals surface area contributed by atoms with Crippen molar-refractivity contribution in [3.63, 3.8) is 0 Å². The van der Waals surface area contributed by atoms with E-state index in [1.54, 1.807) is 6.07 Å². The van der Waals surface area contributed by atoms with Gasteiger partial charge in [-0.05, 0) is 171 Å². The number of carbonyl (C=O) groups excluding carboxylic acids is 1. The normalized spacial score (nSPS) is 16.1. The van der Waals surface area contributed by atoms with E-state index in [9.17, 15) is 14.7 Å². The lowest BCUT2D eigenvalue weighted by molar-refractivity contribution is 0.0691. The highest BCUT2D eigenvalue weighted by molar-refractivity contribution is 5.97. The lowest BCUT2D eigenvalue weighted by Gasteiger charge is -2.33. The molecule has 4 N–H and O–H groups in total. The van der Waals surface area contributed by atoms with Crippen LogP contribution in [-0.2, 0) is 25.7 Å². The summed E-state index contributed by atoms with van der Waals surface area (Å²) in [7, 11) is 0. The topological polar surface area (TPSA) is 200 Å². The zero-order valence-corrected chi connectivity index (χ0v) is 43.1. The second-order valence-corrected chi connectivity index (χ2v) is 19.4. The van der Waals surface area contributed by atoms with Gasteiger partial charge in [-0.25, -0.2) is 14.8 Å². The van der Waals surface area contributed by atoms with Gasteiger partial charge in [0.05, 0.1) is 28.8 Å². The maximum atomic E-state index is 13.8. The molecule has 1 amide bonds. The van der Waals surface area contributed by atoms with E-state index in [2.05, 4.69) is 99.1 Å². The van der Waals surface area contributed by atoms with E-state index in [1.165, 1.54) is 60.8 Å². The first-order chi connectivity index (χ1) is 34.6. The minimum Gasteiger partial charge on any atom is -0.478 e. The van der Waals surface area contributed by atoms with E-state index in [4.69, 9.17) is 15.5 Å². The Morgan fingerprint density at radius 1 is 0.597 bits per heavy atom. The fourth-order valence-corrected chi connectivity index (χ4v) is 10.4. The number of aromatic nitrogens is 6. The molecule has 2 aliphatic heterocycles. The number of benzene rings is 4. The Morgan fingerprint density at radius 2 is 1.03 bits per heavy atom. The number of hydrogen-bond donors (Lipinski definition) is 4. The molecule has 2 saturated carbocycles. The number of nitrogens with one attached hydrogen (secondary N) is 3. The monoisotopic (exact) mass is 989 g/mol. The third-order valence-electron chi connectivity index (χ3n) is 15.2. The summed E-state index contributed by atoms with van der Waals surface area (Å²) in [6, 6.07) is 28.4. The Kier molecular flexibility index (Phi) is 18.5. The number of rotatable bonds is 12. The smallest absolute Gasteiger partial charge is 0.335 e. The predicted molar refractivity (Wildman–Crippen MR) is 284 cm³/mol. The van der Waals surface area contributed by atoms with Gasteiger partial charge >= 0.3 is 5.97 Å². The summed E-state index contributed by atoms with van der Waals surface area (Å²) in [5.41, 5.74) is 11.6. The lowest BCUT2D eigenvalue weighted by Crippen LogP contribution is -2.38. The fraction of sp³-hybridized carbons (Fsp3) is 0.448. The molecule has 376 valence electrons. The van der Waals surface area contributed by atoms with Gasteiger partial charge in [-0.1, -0.05) is 76.9 Å². The molecule has 0 bridgehead atoms. The van der Waals surface area contributed by atoms with Gasteiger partial charge in [0.15, 0.2) is 11.6 Å². The van der Waals surface area contributed by atoms with Crippen molar-refractivity contribution in [3.05, 3.63) is 140 Å². The summed E-state index contributed by atoms with van der Waals surface area (Å²) < 4.78 is 0. The van der Waals surface area contributed by atoms with E-state index in [0.29, 0.717) is 46.4 Å². The SMILES string of the molecule is CCc1nc(-c2cc(C(=O)N3CCC(c4ccc(C#N)cc4)CC3)c(CC)cc2C2CCC2)n[nH]1.CCc1nc(-c2cc(C(=O)O)c(CC)cc2C2CCC2)n[nH]1.Cl.N#Cc1ccc(C2CCNCC2)cc1. The Balaban J connectivity index is 0.000000175. The minimum absolute atomic E-state index is 0. The van der Waals surface area contributed by atoms with E-state index in [1.807, 2.05) is 43.0 Å². The molecule has 0 atom stereocenters. The zero-order chi connectivity index (χ0) is 49.9. The quantitative estimate of drug-likeness (QED) is 0.0914. The first-order valence-corrected chi connectivity index (χ1v) is 26.0. The van der Waals surface area contributed by atoms with Crippen molar-refractivity contribution in [1.82, 2.24) is 40.6 Å². The minimum atomic E-state index is -0.885. The zero-order valence-electron chi connectivity index (χ0n) is 42.3. The molecule has 72 heavy (non-hydrogen) atoms. The van der Waals surface area contributed by atoms with Crippen LogP contribution in [0.15, 0.2) is 72.8 Å². The van der Waals surface area contributed by atoms with Crippen LogP contribution >= 0.6 is 12.4 Å². The van der Waals surface area contributed by atoms with Crippen LogP contribution in [0.3, 0.4) is 0 Å². The number of carbonyl (C=O) groups is 2. The van der Waals surface area contributed by atoms with Crippen molar-refractivity contribution in [1.29, 1.82) is 10.5 Å². The van der Waals surface area contributed by atoms with Gasteiger partial charge in [0.2, 0.25) is 0 Å². The second kappa shape index (κ2) is 25.1. The van der Waals surface area contributed by atoms with Crippen LogP contribution < -0.4 is 5.32 Å². The van der Waals surface area contributed by atoms with Crippen molar-refractivity contribution < 1.29 is 14.7 Å². The van der Waals surface area contributed by atoms with Crippen molar-refractivity contribution in [3.8, 4) is 34.9 Å². The average Bonchev–Trinajstić information content (AvgIpc) is 4.09. The maximum absolute atomic E-state index is 13.8. The first kappa shape index (κ1) is 53.1. The number of aryl methyl sites for hydroxylation is 4. The molecular weight excluding hydrogens is 920 g/mol. The molecular formula is C58H69ClN10O3. The Morgan fingerprint density at radius 3 is 1.40 bits per heavy atom. The molecule has 2 aromatic heterocycles. The predicted octanol–water partition coefficient (Wildman–Crippen LogP) is 11.8. The second-order valence-electron chi connectivity index (χ2n) is 19.4. The number of carboxylic acids is 1. The highest BCUT2D eigenvalue weighted by Crippen LogP contribution is 2.43. The van der Waals surface area contributed by atoms with E-state index in [0.717, 1.165) is 123 Å². The molecule has 0 unspecified atom stereocenters. The first-order valence-electron chi connectivity index (χ1n) is 26.0. The molecule has 0 radical (unpaired) electrons. The van der Waals surface area contributed by atoms with Gasteiger partial charge in [-0.3, -0.25) is 15.0 Å². The van der Waals surface area contributed by atoms with Gasteiger partial charge in [0.25, 0.3) is 5.91 Å². The summed E-state index contributed by atoms with van der Waals surface area (Å²) in [5.74, 6) is 4.40. The number of nitrogens with zero attached hydrogens (tertiary/aromatic N) is 7. The maximum Gasteiger partial charge on any atom is 0.335 e. The average molecular weight is 990 g/mol. The number of likely N-dealkylation sites (tertiary alicyclic amines) is 1. The van der Waals surface area contributed by atoms with Crippen molar-refractivity contribution in [2.45, 2.75) is 141 Å². The van der Waals surface area contributed by atoms with Crippen molar-refractivity contribution in [2.24, 2.45) is 0 Å². The fourth-order valence-electron chi connectivity index (χ4n) is 10.4.